The quantitative estimate of drug-likeness (QED) is 0.499. The molecule has 1 fully saturated rings. The van der Waals surface area contributed by atoms with Crippen LogP contribution in [-0.4, -0.2) is 39.5 Å². The number of anilines is 2. The maximum absolute atomic E-state index is 9.23. The Morgan fingerprint density at radius 1 is 1.67 bits per heavy atom. The van der Waals surface area contributed by atoms with Crippen molar-refractivity contribution in [1.82, 2.24) is 15.2 Å². The highest BCUT2D eigenvalue weighted by Gasteiger charge is 2.22. The largest absolute Gasteiger partial charge is 0.391 e. The summed E-state index contributed by atoms with van der Waals surface area (Å²) in [6, 6.07) is 0. The van der Waals surface area contributed by atoms with Crippen LogP contribution < -0.4 is 10.6 Å². The number of nitrogens with two attached hydrogens (primary N) is 1. The molecule has 2 heterocycles. The Labute approximate surface area is 69.4 Å². The number of aliphatic hydroxyl groups excluding tert-OH is 1. The van der Waals surface area contributed by atoms with Gasteiger partial charge in [0.05, 0.1) is 6.10 Å². The van der Waals surface area contributed by atoms with Gasteiger partial charge in [0, 0.05) is 13.1 Å². The predicted molar refractivity (Wildman–Crippen MR) is 43.6 cm³/mol. The fraction of sp³-hybridized carbons (Fsp3) is 0.667. The van der Waals surface area contributed by atoms with Gasteiger partial charge in [-0.3, -0.25) is 0 Å². The van der Waals surface area contributed by atoms with E-state index in [2.05, 4.69) is 15.2 Å². The average molecular weight is 169 g/mol. The topological polar surface area (TPSA) is 91.1 Å². The third-order valence-corrected chi connectivity index (χ3v) is 1.94. The van der Waals surface area contributed by atoms with E-state index in [1.165, 1.54) is 0 Å². The molecule has 2 rings (SSSR count). The molecule has 6 nitrogen and oxygen atoms in total. The summed E-state index contributed by atoms with van der Waals surface area (Å²) in [7, 11) is 0. The maximum Gasteiger partial charge on any atom is 0.246 e. The molecule has 0 spiro atoms. The number of hydrogen-bond acceptors (Lipinski definition) is 5. The van der Waals surface area contributed by atoms with Crippen LogP contribution in [0.2, 0.25) is 0 Å². The molecule has 0 radical (unpaired) electrons. The van der Waals surface area contributed by atoms with E-state index in [4.69, 9.17) is 5.73 Å². The minimum Gasteiger partial charge on any atom is -0.391 e. The highest BCUT2D eigenvalue weighted by molar-refractivity contribution is 5.35. The van der Waals surface area contributed by atoms with Crippen LogP contribution in [0.4, 0.5) is 11.9 Å². The molecule has 6 heteroatoms. The summed E-state index contributed by atoms with van der Waals surface area (Å²) >= 11 is 0. The Kier molecular flexibility index (Phi) is 1.61. The molecule has 0 bridgehead atoms. The molecule has 1 aliphatic heterocycles. The summed E-state index contributed by atoms with van der Waals surface area (Å²) < 4.78 is 0. The molecule has 0 aliphatic carbocycles. The molecule has 66 valence electrons. The van der Waals surface area contributed by atoms with Crippen molar-refractivity contribution >= 4 is 11.9 Å². The Bertz CT molecular complexity index is 273. The Morgan fingerprint density at radius 2 is 2.50 bits per heavy atom. The van der Waals surface area contributed by atoms with E-state index in [1.807, 2.05) is 4.90 Å². The Hall–Kier alpha value is -1.30. The van der Waals surface area contributed by atoms with Gasteiger partial charge in [-0.1, -0.05) is 0 Å². The molecule has 1 aromatic rings. The van der Waals surface area contributed by atoms with Crippen LogP contribution in [0.1, 0.15) is 6.42 Å². The molecule has 0 amide bonds. The van der Waals surface area contributed by atoms with E-state index in [-0.39, 0.29) is 6.10 Å². The van der Waals surface area contributed by atoms with Gasteiger partial charge < -0.3 is 15.7 Å². The first-order valence-electron chi connectivity index (χ1n) is 3.86. The summed E-state index contributed by atoms with van der Waals surface area (Å²) in [5.41, 5.74) is 5.36. The summed E-state index contributed by atoms with van der Waals surface area (Å²) in [4.78, 5) is 5.85. The number of nitrogens with one attached hydrogen (secondary N) is 1. The fourth-order valence-electron chi connectivity index (χ4n) is 1.33. The second-order valence-corrected chi connectivity index (χ2v) is 2.91. The van der Waals surface area contributed by atoms with Gasteiger partial charge in [0.25, 0.3) is 0 Å². The number of H-pyrrole nitrogens is 1. The number of aromatic nitrogens is 3. The van der Waals surface area contributed by atoms with Crippen molar-refractivity contribution in [2.45, 2.75) is 12.5 Å². The Morgan fingerprint density at radius 3 is 3.00 bits per heavy atom. The average Bonchev–Trinajstić information content (AvgIpc) is 2.58. The molecule has 1 saturated heterocycles. The minimum atomic E-state index is -0.260. The molecule has 0 aromatic carbocycles. The van der Waals surface area contributed by atoms with Gasteiger partial charge in [-0.05, 0) is 6.42 Å². The number of hydrogen-bond donors (Lipinski definition) is 3. The zero-order valence-corrected chi connectivity index (χ0v) is 6.56. The number of aliphatic hydroxyl groups is 1. The van der Waals surface area contributed by atoms with Crippen molar-refractivity contribution in [3.8, 4) is 0 Å². The van der Waals surface area contributed by atoms with Gasteiger partial charge in [-0.2, -0.15) is 4.98 Å². The number of aromatic amines is 1. The number of β-amino-alcohol motifs (C(OH)–C–C–N with tert-alkyl or cyclic N) is 1. The minimum absolute atomic E-state index is 0.260. The summed E-state index contributed by atoms with van der Waals surface area (Å²) in [5, 5.41) is 15.7. The van der Waals surface area contributed by atoms with E-state index in [0.29, 0.717) is 18.4 Å². The molecule has 1 aliphatic rings. The van der Waals surface area contributed by atoms with Crippen LogP contribution in [0.5, 0.6) is 0 Å². The molecule has 1 aromatic heterocycles. The lowest BCUT2D eigenvalue weighted by molar-refractivity contribution is 0.198. The van der Waals surface area contributed by atoms with E-state index in [0.717, 1.165) is 13.0 Å². The van der Waals surface area contributed by atoms with Crippen molar-refractivity contribution < 1.29 is 5.11 Å². The van der Waals surface area contributed by atoms with Crippen molar-refractivity contribution in [3.63, 3.8) is 0 Å². The normalized spacial score (nSPS) is 23.4. The standard InChI is InChI=1S/C6H11N5O/c7-5-8-6(10-9-5)11-2-1-4(12)3-11/h4,12H,1-3H2,(H3,7,8,9,10). The fourth-order valence-corrected chi connectivity index (χ4v) is 1.33. The van der Waals surface area contributed by atoms with Gasteiger partial charge in [0.2, 0.25) is 11.9 Å². The molecule has 1 unspecified atom stereocenters. The second kappa shape index (κ2) is 2.63. The second-order valence-electron chi connectivity index (χ2n) is 2.91. The first kappa shape index (κ1) is 7.35. The molecule has 0 saturated carbocycles. The van der Waals surface area contributed by atoms with Crippen LogP contribution in [0, 0.1) is 0 Å². The lowest BCUT2D eigenvalue weighted by Gasteiger charge is -2.10. The van der Waals surface area contributed by atoms with Crippen molar-refractivity contribution in [2.24, 2.45) is 0 Å². The molecule has 1 atom stereocenters. The third-order valence-electron chi connectivity index (χ3n) is 1.94. The zero-order valence-electron chi connectivity index (χ0n) is 6.56. The van der Waals surface area contributed by atoms with E-state index < -0.39 is 0 Å². The summed E-state index contributed by atoms with van der Waals surface area (Å²) in [6.07, 6.45) is 0.513. The Balaban J connectivity index is 2.11. The number of rotatable bonds is 1. The molecule has 12 heavy (non-hydrogen) atoms. The van der Waals surface area contributed by atoms with Crippen molar-refractivity contribution in [3.05, 3.63) is 0 Å². The molecule has 4 N–H and O–H groups in total. The van der Waals surface area contributed by atoms with Crippen molar-refractivity contribution in [1.29, 1.82) is 0 Å². The lowest BCUT2D eigenvalue weighted by atomic mass is 10.3. The highest BCUT2D eigenvalue weighted by Crippen LogP contribution is 2.15. The van der Waals surface area contributed by atoms with E-state index in [9.17, 15) is 5.11 Å². The van der Waals surface area contributed by atoms with Gasteiger partial charge in [0.15, 0.2) is 0 Å². The van der Waals surface area contributed by atoms with Crippen LogP contribution in [-0.2, 0) is 0 Å². The predicted octanol–water partition coefficient (Wildman–Crippen LogP) is -1.04. The van der Waals surface area contributed by atoms with Crippen LogP contribution in [0.3, 0.4) is 0 Å². The van der Waals surface area contributed by atoms with Gasteiger partial charge in [0.1, 0.15) is 0 Å². The monoisotopic (exact) mass is 169 g/mol. The van der Waals surface area contributed by atoms with Crippen LogP contribution >= 0.6 is 0 Å². The number of nitrogen functional groups attached to an aromatic ring is 1. The van der Waals surface area contributed by atoms with Crippen molar-refractivity contribution in [2.75, 3.05) is 23.7 Å². The zero-order chi connectivity index (χ0) is 8.55. The molecular weight excluding hydrogens is 158 g/mol. The van der Waals surface area contributed by atoms with E-state index >= 15 is 0 Å². The first-order valence-corrected chi connectivity index (χ1v) is 3.86. The van der Waals surface area contributed by atoms with Crippen LogP contribution in [0.15, 0.2) is 0 Å². The summed E-state index contributed by atoms with van der Waals surface area (Å²) in [5.74, 6) is 0.885. The summed E-state index contributed by atoms with van der Waals surface area (Å²) in [6.45, 7) is 1.38. The maximum atomic E-state index is 9.23. The van der Waals surface area contributed by atoms with Gasteiger partial charge in [-0.15, -0.1) is 5.10 Å². The molecular formula is C6H11N5O. The smallest absolute Gasteiger partial charge is 0.246 e. The van der Waals surface area contributed by atoms with Crippen LogP contribution in [0.25, 0.3) is 0 Å². The van der Waals surface area contributed by atoms with Gasteiger partial charge in [-0.25, -0.2) is 5.10 Å². The third kappa shape index (κ3) is 1.20. The highest BCUT2D eigenvalue weighted by atomic mass is 16.3. The van der Waals surface area contributed by atoms with E-state index in [1.54, 1.807) is 0 Å². The SMILES string of the molecule is Nc1nc(N2CCC(O)C2)n[nH]1. The number of nitrogens with zero attached hydrogens (tertiary/aromatic N) is 3. The first-order chi connectivity index (χ1) is 5.75. The lowest BCUT2D eigenvalue weighted by Crippen LogP contribution is -2.22. The van der Waals surface area contributed by atoms with Gasteiger partial charge >= 0.3 is 0 Å².